The van der Waals surface area contributed by atoms with Crippen molar-refractivity contribution in [2.75, 3.05) is 26.8 Å². The van der Waals surface area contributed by atoms with Gasteiger partial charge in [0.1, 0.15) is 17.3 Å². The van der Waals surface area contributed by atoms with Crippen LogP contribution in [-0.4, -0.2) is 60.4 Å². The predicted octanol–water partition coefficient (Wildman–Crippen LogP) is 3.54. The molecule has 0 N–H and O–H groups in total. The summed E-state index contributed by atoms with van der Waals surface area (Å²) in [5.74, 6) is 0.412. The second kappa shape index (κ2) is 9.92. The molecule has 0 spiro atoms. The van der Waals surface area contributed by atoms with Crippen LogP contribution in [0.4, 0.5) is 4.39 Å². The Morgan fingerprint density at radius 1 is 1.06 bits per heavy atom. The molecule has 2 atom stereocenters. The summed E-state index contributed by atoms with van der Waals surface area (Å²) >= 11 is 0. The molecule has 6 nitrogen and oxygen atoms in total. The Bertz CT molecular complexity index is 932. The number of methoxy groups -OCH3 is 1. The monoisotopic (exact) mass is 428 g/mol. The van der Waals surface area contributed by atoms with E-state index >= 15 is 0 Å². The van der Waals surface area contributed by atoms with Gasteiger partial charge in [-0.3, -0.25) is 14.5 Å². The van der Waals surface area contributed by atoms with E-state index in [2.05, 4.69) is 11.8 Å². The van der Waals surface area contributed by atoms with Crippen LogP contribution < -0.4 is 9.47 Å². The fraction of sp³-hybridized carbons (Fsp3) is 0.417. The molecule has 2 aromatic carbocycles. The van der Waals surface area contributed by atoms with Gasteiger partial charge in [-0.25, -0.2) is 4.39 Å². The van der Waals surface area contributed by atoms with E-state index in [1.54, 1.807) is 30.3 Å². The molecule has 3 rings (SSSR count). The van der Waals surface area contributed by atoms with Crippen molar-refractivity contribution < 1.29 is 23.5 Å². The lowest BCUT2D eigenvalue weighted by Gasteiger charge is -2.44. The Balaban J connectivity index is 1.60. The highest BCUT2D eigenvalue weighted by Crippen LogP contribution is 2.25. The van der Waals surface area contributed by atoms with Crippen molar-refractivity contribution in [2.45, 2.75) is 39.4 Å². The molecule has 0 aromatic heterocycles. The summed E-state index contributed by atoms with van der Waals surface area (Å²) in [6.45, 7) is 7.40. The first-order valence-corrected chi connectivity index (χ1v) is 10.4. The summed E-state index contributed by atoms with van der Waals surface area (Å²) in [6.07, 6.45) is 0. The third-order valence-electron chi connectivity index (χ3n) is 5.65. The van der Waals surface area contributed by atoms with E-state index in [0.717, 1.165) is 5.56 Å². The van der Waals surface area contributed by atoms with Crippen molar-refractivity contribution in [2.24, 2.45) is 0 Å². The normalized spacial score (nSPS) is 19.2. The van der Waals surface area contributed by atoms with Crippen molar-refractivity contribution in [3.63, 3.8) is 0 Å². The maximum absolute atomic E-state index is 13.2. The molecule has 31 heavy (non-hydrogen) atoms. The number of amides is 1. The molecule has 0 saturated carbocycles. The van der Waals surface area contributed by atoms with Crippen LogP contribution in [0, 0.1) is 5.82 Å². The number of ketones is 1. The molecule has 1 aliphatic rings. The van der Waals surface area contributed by atoms with E-state index in [9.17, 15) is 14.0 Å². The molecule has 1 saturated heterocycles. The SMILES string of the molecule is COc1ccc(OCC(=O)N2CC(C)N(Cc3ccc(F)cc3)C[C@@H]2C)c(C(C)=O)c1. The third kappa shape index (κ3) is 5.61. The highest BCUT2D eigenvalue weighted by Gasteiger charge is 2.32. The van der Waals surface area contributed by atoms with Gasteiger partial charge in [0.05, 0.1) is 12.7 Å². The largest absolute Gasteiger partial charge is 0.497 e. The van der Waals surface area contributed by atoms with E-state index in [0.29, 0.717) is 36.7 Å². The Morgan fingerprint density at radius 2 is 1.77 bits per heavy atom. The molecule has 1 fully saturated rings. The van der Waals surface area contributed by atoms with Gasteiger partial charge in [-0.1, -0.05) is 12.1 Å². The van der Waals surface area contributed by atoms with Crippen LogP contribution in [0.15, 0.2) is 42.5 Å². The molecule has 1 heterocycles. The smallest absolute Gasteiger partial charge is 0.260 e. The quantitative estimate of drug-likeness (QED) is 0.632. The number of hydrogen-bond acceptors (Lipinski definition) is 5. The lowest BCUT2D eigenvalue weighted by atomic mass is 10.1. The van der Waals surface area contributed by atoms with Crippen molar-refractivity contribution in [1.82, 2.24) is 9.80 Å². The molecule has 1 aliphatic heterocycles. The molecule has 0 bridgehead atoms. The standard InChI is InChI=1S/C24H29FN2O4/c1-16-13-27(17(2)12-26(16)14-19-5-7-20(25)8-6-19)24(29)15-31-23-10-9-21(30-4)11-22(23)18(3)28/h5-11,16-17H,12-15H2,1-4H3/t16?,17-/m0/s1. The first-order chi connectivity index (χ1) is 14.8. The van der Waals surface area contributed by atoms with E-state index in [-0.39, 0.29) is 36.2 Å². The average molecular weight is 429 g/mol. The number of nitrogens with zero attached hydrogens (tertiary/aromatic N) is 2. The zero-order chi connectivity index (χ0) is 22.5. The average Bonchev–Trinajstić information content (AvgIpc) is 2.75. The minimum Gasteiger partial charge on any atom is -0.497 e. The van der Waals surface area contributed by atoms with Crippen LogP contribution in [0.25, 0.3) is 0 Å². The number of ether oxygens (including phenoxy) is 2. The number of Topliss-reactive ketones (excluding diaryl/α,β-unsaturated/α-hetero) is 1. The lowest BCUT2D eigenvalue weighted by molar-refractivity contribution is -0.139. The molecule has 1 amide bonds. The number of carbonyl (C=O) groups is 2. The van der Waals surface area contributed by atoms with E-state index in [4.69, 9.17) is 9.47 Å². The van der Waals surface area contributed by atoms with Crippen LogP contribution in [0.2, 0.25) is 0 Å². The van der Waals surface area contributed by atoms with E-state index in [1.807, 2.05) is 11.8 Å². The first-order valence-electron chi connectivity index (χ1n) is 10.4. The van der Waals surface area contributed by atoms with Gasteiger partial charge in [-0.05, 0) is 56.7 Å². The zero-order valence-corrected chi connectivity index (χ0v) is 18.4. The molecule has 166 valence electrons. The summed E-state index contributed by atoms with van der Waals surface area (Å²) in [7, 11) is 1.53. The van der Waals surface area contributed by atoms with Crippen LogP contribution in [-0.2, 0) is 11.3 Å². The number of hydrogen-bond donors (Lipinski definition) is 0. The van der Waals surface area contributed by atoms with Gasteiger partial charge >= 0.3 is 0 Å². The maximum atomic E-state index is 13.2. The summed E-state index contributed by atoms with van der Waals surface area (Å²) in [4.78, 5) is 28.9. The van der Waals surface area contributed by atoms with Crippen molar-refractivity contribution in [3.8, 4) is 11.5 Å². The third-order valence-corrected chi connectivity index (χ3v) is 5.65. The first kappa shape index (κ1) is 22.7. The van der Waals surface area contributed by atoms with E-state index < -0.39 is 0 Å². The van der Waals surface area contributed by atoms with Crippen molar-refractivity contribution in [1.29, 1.82) is 0 Å². The van der Waals surface area contributed by atoms with Gasteiger partial charge in [0.2, 0.25) is 0 Å². The molecule has 7 heteroatoms. The van der Waals surface area contributed by atoms with Gasteiger partial charge in [0.25, 0.3) is 5.91 Å². The molecule has 0 radical (unpaired) electrons. The van der Waals surface area contributed by atoms with Crippen LogP contribution in [0.1, 0.15) is 36.7 Å². The van der Waals surface area contributed by atoms with Crippen molar-refractivity contribution in [3.05, 3.63) is 59.4 Å². The van der Waals surface area contributed by atoms with Gasteiger partial charge < -0.3 is 14.4 Å². The minimum atomic E-state index is -0.245. The summed E-state index contributed by atoms with van der Waals surface area (Å²) in [5.41, 5.74) is 1.43. The number of piperazine rings is 1. The minimum absolute atomic E-state index is 0.0101. The number of rotatable bonds is 7. The predicted molar refractivity (Wildman–Crippen MR) is 116 cm³/mol. The summed E-state index contributed by atoms with van der Waals surface area (Å²) < 4.78 is 24.0. The van der Waals surface area contributed by atoms with Crippen LogP contribution >= 0.6 is 0 Å². The fourth-order valence-electron chi connectivity index (χ4n) is 3.85. The second-order valence-corrected chi connectivity index (χ2v) is 8.01. The highest BCUT2D eigenvalue weighted by molar-refractivity contribution is 5.97. The second-order valence-electron chi connectivity index (χ2n) is 8.01. The van der Waals surface area contributed by atoms with E-state index in [1.165, 1.54) is 26.2 Å². The Morgan fingerprint density at radius 3 is 2.42 bits per heavy atom. The molecule has 0 aliphatic carbocycles. The molecule has 2 aromatic rings. The Labute approximate surface area is 182 Å². The van der Waals surface area contributed by atoms with Crippen molar-refractivity contribution >= 4 is 11.7 Å². The van der Waals surface area contributed by atoms with Gasteiger partial charge in [0.15, 0.2) is 12.4 Å². The Hall–Kier alpha value is -2.93. The molecular weight excluding hydrogens is 399 g/mol. The van der Waals surface area contributed by atoms with Crippen LogP contribution in [0.5, 0.6) is 11.5 Å². The fourth-order valence-corrected chi connectivity index (χ4v) is 3.85. The number of halogens is 1. The Kier molecular flexibility index (Phi) is 7.28. The summed E-state index contributed by atoms with van der Waals surface area (Å²) in [6, 6.07) is 11.6. The zero-order valence-electron chi connectivity index (χ0n) is 18.4. The van der Waals surface area contributed by atoms with Gasteiger partial charge in [-0.15, -0.1) is 0 Å². The molecular formula is C24H29FN2O4. The maximum Gasteiger partial charge on any atom is 0.260 e. The topological polar surface area (TPSA) is 59.1 Å². The van der Waals surface area contributed by atoms with Crippen LogP contribution in [0.3, 0.4) is 0 Å². The van der Waals surface area contributed by atoms with Gasteiger partial charge in [-0.2, -0.15) is 0 Å². The molecule has 1 unspecified atom stereocenters. The number of benzene rings is 2. The summed E-state index contributed by atoms with van der Waals surface area (Å²) in [5, 5.41) is 0. The highest BCUT2D eigenvalue weighted by atomic mass is 19.1. The number of carbonyl (C=O) groups excluding carboxylic acids is 2. The lowest BCUT2D eigenvalue weighted by Crippen LogP contribution is -2.58. The van der Waals surface area contributed by atoms with Gasteiger partial charge in [0, 0.05) is 31.7 Å².